The van der Waals surface area contributed by atoms with Crippen LogP contribution in [-0.4, -0.2) is 45.7 Å². The number of likely N-dealkylation sites (tertiary alicyclic amines) is 1. The summed E-state index contributed by atoms with van der Waals surface area (Å²) in [6.07, 6.45) is 3.35. The van der Waals surface area contributed by atoms with Crippen LogP contribution < -0.4 is 5.32 Å². The predicted octanol–water partition coefficient (Wildman–Crippen LogP) is 2.16. The maximum Gasteiger partial charge on any atom is 0.410 e. The molecule has 7 heteroatoms. The second-order valence-corrected chi connectivity index (χ2v) is 7.46. The van der Waals surface area contributed by atoms with Crippen LogP contribution in [0.2, 0.25) is 0 Å². The van der Waals surface area contributed by atoms with E-state index in [1.165, 1.54) is 0 Å². The number of nitriles is 1. The summed E-state index contributed by atoms with van der Waals surface area (Å²) in [5.74, 6) is 0.850. The van der Waals surface area contributed by atoms with Gasteiger partial charge >= 0.3 is 6.09 Å². The van der Waals surface area contributed by atoms with E-state index >= 15 is 0 Å². The Morgan fingerprint density at radius 2 is 2.17 bits per heavy atom. The van der Waals surface area contributed by atoms with Crippen LogP contribution in [0.5, 0.6) is 0 Å². The normalized spacial score (nSPS) is 19.5. The first-order valence-electron chi connectivity index (χ1n) is 7.76. The average molecular weight is 315 g/mol. The molecule has 1 saturated carbocycles. The smallest absolute Gasteiger partial charge is 0.410 e. The zero-order chi connectivity index (χ0) is 16.7. The number of nitrogens with zero attached hydrogens (tertiary/aromatic N) is 4. The number of aromatic nitrogens is 2. The number of hydrogen-bond donors (Lipinski definition) is 1. The van der Waals surface area contributed by atoms with Crippen LogP contribution in [0.3, 0.4) is 0 Å². The SMILES string of the molecule is CC(C)(C)OC(=O)N1CC2(CC(Nc3ccnc(C#N)n3)C2)C1. The molecule has 3 rings (SSSR count). The maximum atomic E-state index is 12.0. The summed E-state index contributed by atoms with van der Waals surface area (Å²) in [7, 11) is 0. The fourth-order valence-corrected chi connectivity index (χ4v) is 3.27. The van der Waals surface area contributed by atoms with E-state index in [0.717, 1.165) is 25.9 Å². The molecule has 122 valence electrons. The number of carbonyl (C=O) groups excluding carboxylic acids is 1. The van der Waals surface area contributed by atoms with Crippen molar-refractivity contribution in [3.8, 4) is 6.07 Å². The van der Waals surface area contributed by atoms with E-state index in [9.17, 15) is 4.79 Å². The van der Waals surface area contributed by atoms with Gasteiger partial charge in [0, 0.05) is 30.7 Å². The van der Waals surface area contributed by atoms with Gasteiger partial charge in [-0.25, -0.2) is 14.8 Å². The molecule has 1 N–H and O–H groups in total. The summed E-state index contributed by atoms with van der Waals surface area (Å²) in [6.45, 7) is 7.14. The standard InChI is InChI=1S/C16H21N5O2/c1-15(2,3)23-14(22)21-9-16(10-21)6-11(7-16)19-12-4-5-18-13(8-17)20-12/h4-5,11H,6-7,9-10H2,1-3H3,(H,18,19,20). The Labute approximate surface area is 135 Å². The van der Waals surface area contributed by atoms with Crippen molar-refractivity contribution < 1.29 is 9.53 Å². The third-order valence-electron chi connectivity index (χ3n) is 4.17. The van der Waals surface area contributed by atoms with Crippen molar-refractivity contribution in [1.29, 1.82) is 5.26 Å². The van der Waals surface area contributed by atoms with E-state index in [1.807, 2.05) is 26.8 Å². The highest BCUT2D eigenvalue weighted by atomic mass is 16.6. The third-order valence-corrected chi connectivity index (χ3v) is 4.17. The van der Waals surface area contributed by atoms with Crippen LogP contribution in [-0.2, 0) is 4.74 Å². The highest BCUT2D eigenvalue weighted by molar-refractivity contribution is 5.69. The maximum absolute atomic E-state index is 12.0. The summed E-state index contributed by atoms with van der Waals surface area (Å²) >= 11 is 0. The minimum Gasteiger partial charge on any atom is -0.444 e. The lowest BCUT2D eigenvalue weighted by atomic mass is 9.61. The van der Waals surface area contributed by atoms with Crippen molar-refractivity contribution in [2.75, 3.05) is 18.4 Å². The van der Waals surface area contributed by atoms with Gasteiger partial charge in [-0.15, -0.1) is 0 Å². The molecule has 1 amide bonds. The van der Waals surface area contributed by atoms with Crippen molar-refractivity contribution >= 4 is 11.9 Å². The molecule has 0 atom stereocenters. The number of carbonyl (C=O) groups is 1. The van der Waals surface area contributed by atoms with Crippen molar-refractivity contribution in [2.45, 2.75) is 45.3 Å². The molecule has 2 fully saturated rings. The average Bonchev–Trinajstić information content (AvgIpc) is 2.38. The van der Waals surface area contributed by atoms with E-state index in [2.05, 4.69) is 15.3 Å². The Balaban J connectivity index is 1.46. The number of amides is 1. The molecule has 0 unspecified atom stereocenters. The van der Waals surface area contributed by atoms with Gasteiger partial charge in [0.05, 0.1) is 0 Å². The van der Waals surface area contributed by atoms with Gasteiger partial charge in [0.2, 0.25) is 5.82 Å². The van der Waals surface area contributed by atoms with Gasteiger partial charge < -0.3 is 15.0 Å². The van der Waals surface area contributed by atoms with E-state index in [1.54, 1.807) is 17.2 Å². The van der Waals surface area contributed by atoms with Crippen molar-refractivity contribution in [2.24, 2.45) is 5.41 Å². The monoisotopic (exact) mass is 315 g/mol. The highest BCUT2D eigenvalue weighted by Crippen LogP contribution is 2.49. The molecule has 2 aliphatic rings. The van der Waals surface area contributed by atoms with E-state index in [4.69, 9.17) is 10.00 Å². The summed E-state index contributed by atoms with van der Waals surface area (Å²) in [5.41, 5.74) is -0.228. The predicted molar refractivity (Wildman–Crippen MR) is 83.6 cm³/mol. The first-order valence-corrected chi connectivity index (χ1v) is 7.76. The van der Waals surface area contributed by atoms with Gasteiger partial charge in [-0.1, -0.05) is 0 Å². The van der Waals surface area contributed by atoms with E-state index < -0.39 is 5.60 Å². The Bertz CT molecular complexity index is 647. The fraction of sp³-hybridized carbons (Fsp3) is 0.625. The van der Waals surface area contributed by atoms with Gasteiger partial charge in [-0.2, -0.15) is 5.26 Å². The Morgan fingerprint density at radius 3 is 2.78 bits per heavy atom. The number of nitrogens with one attached hydrogen (secondary N) is 1. The second-order valence-electron chi connectivity index (χ2n) is 7.46. The topological polar surface area (TPSA) is 91.1 Å². The number of rotatable bonds is 2. The molecule has 0 bridgehead atoms. The molecule has 1 aliphatic carbocycles. The Morgan fingerprint density at radius 1 is 1.48 bits per heavy atom. The molecule has 1 aromatic rings. The van der Waals surface area contributed by atoms with Crippen molar-refractivity contribution in [3.63, 3.8) is 0 Å². The molecule has 7 nitrogen and oxygen atoms in total. The van der Waals surface area contributed by atoms with E-state index in [-0.39, 0.29) is 17.3 Å². The number of ether oxygens (including phenoxy) is 1. The zero-order valence-electron chi connectivity index (χ0n) is 13.7. The number of hydrogen-bond acceptors (Lipinski definition) is 6. The van der Waals surface area contributed by atoms with Gasteiger partial charge in [-0.3, -0.25) is 0 Å². The van der Waals surface area contributed by atoms with Crippen molar-refractivity contribution in [1.82, 2.24) is 14.9 Å². The first kappa shape index (κ1) is 15.5. The van der Waals surface area contributed by atoms with Crippen molar-refractivity contribution in [3.05, 3.63) is 18.1 Å². The molecular formula is C16H21N5O2. The molecule has 1 aliphatic heterocycles. The molecule has 2 heterocycles. The lowest BCUT2D eigenvalue weighted by Gasteiger charge is -2.58. The van der Waals surface area contributed by atoms with Crippen LogP contribution >= 0.6 is 0 Å². The minimum atomic E-state index is -0.449. The zero-order valence-corrected chi connectivity index (χ0v) is 13.7. The Hall–Kier alpha value is -2.36. The Kier molecular flexibility index (Phi) is 3.63. The van der Waals surface area contributed by atoms with E-state index in [0.29, 0.717) is 11.9 Å². The largest absolute Gasteiger partial charge is 0.444 e. The van der Waals surface area contributed by atoms with Gasteiger partial charge in [0.1, 0.15) is 17.5 Å². The molecule has 0 radical (unpaired) electrons. The molecule has 1 saturated heterocycles. The lowest BCUT2D eigenvalue weighted by molar-refractivity contribution is -0.0739. The third kappa shape index (κ3) is 3.36. The quantitative estimate of drug-likeness (QED) is 0.899. The molecule has 1 spiro atoms. The lowest BCUT2D eigenvalue weighted by Crippen LogP contribution is -2.66. The first-order chi connectivity index (χ1) is 10.8. The summed E-state index contributed by atoms with van der Waals surface area (Å²) in [4.78, 5) is 21.7. The molecule has 0 aromatic carbocycles. The van der Waals surface area contributed by atoms with Gasteiger partial charge in [0.15, 0.2) is 0 Å². The second kappa shape index (κ2) is 5.37. The van der Waals surface area contributed by atoms with Crippen LogP contribution in [0.1, 0.15) is 39.4 Å². The van der Waals surface area contributed by atoms with Crippen LogP contribution in [0, 0.1) is 16.7 Å². The summed E-state index contributed by atoms with van der Waals surface area (Å²) < 4.78 is 5.38. The summed E-state index contributed by atoms with van der Waals surface area (Å²) in [5, 5.41) is 12.1. The summed E-state index contributed by atoms with van der Waals surface area (Å²) in [6, 6.07) is 4.03. The highest BCUT2D eigenvalue weighted by Gasteiger charge is 2.54. The minimum absolute atomic E-state index is 0.170. The van der Waals surface area contributed by atoms with Crippen LogP contribution in [0.25, 0.3) is 0 Å². The van der Waals surface area contributed by atoms with Crippen LogP contribution in [0.4, 0.5) is 10.6 Å². The van der Waals surface area contributed by atoms with Crippen LogP contribution in [0.15, 0.2) is 12.3 Å². The van der Waals surface area contributed by atoms with Gasteiger partial charge in [0.25, 0.3) is 0 Å². The molecular weight excluding hydrogens is 294 g/mol. The molecule has 1 aromatic heterocycles. The fourth-order valence-electron chi connectivity index (χ4n) is 3.27. The number of anilines is 1. The molecule has 23 heavy (non-hydrogen) atoms. The van der Waals surface area contributed by atoms with Gasteiger partial charge in [-0.05, 0) is 39.7 Å².